The van der Waals surface area contributed by atoms with Gasteiger partial charge < -0.3 is 11.5 Å². The van der Waals surface area contributed by atoms with E-state index in [0.717, 1.165) is 19.4 Å². The summed E-state index contributed by atoms with van der Waals surface area (Å²) in [7, 11) is 0. The predicted octanol–water partition coefficient (Wildman–Crippen LogP) is 3.11. The minimum Gasteiger partial charge on any atom is -0.370 e. The van der Waals surface area contributed by atoms with Gasteiger partial charge in [0.15, 0.2) is 0 Å². The van der Waals surface area contributed by atoms with Gasteiger partial charge in [-0.05, 0) is 19.4 Å². The number of nitrogens with two attached hydrogens (primary N) is 2. The number of hydrogen-bond acceptors (Lipinski definition) is 2. The lowest BCUT2D eigenvalue weighted by atomic mass is 10.1. The summed E-state index contributed by atoms with van der Waals surface area (Å²) in [6, 6.07) is 0. The molecule has 0 radical (unpaired) electrons. The first-order valence-electron chi connectivity index (χ1n) is 7.25. The molecule has 0 aromatic heterocycles. The molecule has 0 aromatic rings. The Morgan fingerprint density at radius 3 is 1.35 bits per heavy atom. The quantitative estimate of drug-likeness (QED) is 0.487. The highest BCUT2D eigenvalue weighted by molar-refractivity contribution is 5.73. The van der Waals surface area contributed by atoms with Crippen molar-refractivity contribution in [2.75, 3.05) is 6.54 Å². The molecule has 3 heteroatoms. The number of carbonyl (C=O) groups is 1. The van der Waals surface area contributed by atoms with Crippen LogP contribution in [0, 0.1) is 0 Å². The van der Waals surface area contributed by atoms with E-state index in [2.05, 4.69) is 0 Å². The van der Waals surface area contributed by atoms with Gasteiger partial charge in [-0.2, -0.15) is 0 Å². The Kier molecular flexibility index (Phi) is 13.0. The molecule has 0 atom stereocenters. The van der Waals surface area contributed by atoms with E-state index in [1.807, 2.05) is 0 Å². The van der Waals surface area contributed by atoms with Gasteiger partial charge in [0.1, 0.15) is 0 Å². The normalized spacial score (nSPS) is 10.6. The number of unbranched alkanes of at least 4 members (excludes halogenated alkanes) is 10. The number of hydrogen-bond donors (Lipinski definition) is 2. The van der Waals surface area contributed by atoms with Crippen molar-refractivity contribution in [3.63, 3.8) is 0 Å². The molecule has 0 heterocycles. The van der Waals surface area contributed by atoms with Crippen LogP contribution in [-0.4, -0.2) is 12.5 Å². The molecular weight excluding hydrogens is 212 g/mol. The van der Waals surface area contributed by atoms with Crippen LogP contribution in [0.4, 0.5) is 0 Å². The summed E-state index contributed by atoms with van der Waals surface area (Å²) in [5.74, 6) is -0.164. The van der Waals surface area contributed by atoms with Crippen molar-refractivity contribution >= 4 is 5.91 Å². The van der Waals surface area contributed by atoms with E-state index in [-0.39, 0.29) is 5.91 Å². The van der Waals surface area contributed by atoms with E-state index < -0.39 is 0 Å². The average Bonchev–Trinajstić information content (AvgIpc) is 2.30. The van der Waals surface area contributed by atoms with Crippen LogP contribution in [0.2, 0.25) is 0 Å². The van der Waals surface area contributed by atoms with Gasteiger partial charge in [0.05, 0.1) is 0 Å². The third-order valence-corrected chi connectivity index (χ3v) is 3.13. The number of carbonyl (C=O) groups excluding carboxylic acids is 1. The van der Waals surface area contributed by atoms with E-state index in [4.69, 9.17) is 11.5 Å². The Bertz CT molecular complexity index is 172. The fraction of sp³-hybridized carbons (Fsp3) is 0.929. The molecule has 0 rings (SSSR count). The van der Waals surface area contributed by atoms with Crippen LogP contribution in [0.25, 0.3) is 0 Å². The van der Waals surface area contributed by atoms with E-state index >= 15 is 0 Å². The molecule has 1 amide bonds. The summed E-state index contributed by atoms with van der Waals surface area (Å²) in [5, 5.41) is 0. The van der Waals surface area contributed by atoms with Gasteiger partial charge in [-0.1, -0.05) is 57.8 Å². The van der Waals surface area contributed by atoms with E-state index in [1.165, 1.54) is 57.8 Å². The van der Waals surface area contributed by atoms with Gasteiger partial charge in [-0.3, -0.25) is 4.79 Å². The lowest BCUT2D eigenvalue weighted by Crippen LogP contribution is -2.09. The SMILES string of the molecule is NCCCCCCCCCCCCCC(N)=O. The molecule has 0 saturated heterocycles. The first-order valence-corrected chi connectivity index (χ1v) is 7.25. The topological polar surface area (TPSA) is 69.1 Å². The number of amides is 1. The fourth-order valence-electron chi connectivity index (χ4n) is 2.03. The Morgan fingerprint density at radius 1 is 0.647 bits per heavy atom. The van der Waals surface area contributed by atoms with Gasteiger partial charge in [0, 0.05) is 6.42 Å². The predicted molar refractivity (Wildman–Crippen MR) is 73.7 cm³/mol. The summed E-state index contributed by atoms with van der Waals surface area (Å²) in [6.07, 6.45) is 14.5. The molecule has 0 bridgehead atoms. The van der Waals surface area contributed by atoms with E-state index in [1.54, 1.807) is 0 Å². The van der Waals surface area contributed by atoms with Crippen molar-refractivity contribution in [2.45, 2.75) is 77.0 Å². The molecule has 17 heavy (non-hydrogen) atoms. The van der Waals surface area contributed by atoms with Gasteiger partial charge in [0.2, 0.25) is 5.91 Å². The third-order valence-electron chi connectivity index (χ3n) is 3.13. The Balaban J connectivity index is 2.91. The van der Waals surface area contributed by atoms with Crippen LogP contribution < -0.4 is 11.5 Å². The zero-order valence-electron chi connectivity index (χ0n) is 11.3. The lowest BCUT2D eigenvalue weighted by molar-refractivity contribution is -0.118. The smallest absolute Gasteiger partial charge is 0.217 e. The first kappa shape index (κ1) is 16.4. The summed E-state index contributed by atoms with van der Waals surface area (Å²) < 4.78 is 0. The zero-order valence-corrected chi connectivity index (χ0v) is 11.3. The van der Waals surface area contributed by atoms with Crippen molar-refractivity contribution in [2.24, 2.45) is 11.5 Å². The zero-order chi connectivity index (χ0) is 12.8. The second-order valence-electron chi connectivity index (χ2n) is 4.89. The van der Waals surface area contributed by atoms with Crippen LogP contribution in [0.3, 0.4) is 0 Å². The van der Waals surface area contributed by atoms with Crippen molar-refractivity contribution < 1.29 is 4.79 Å². The van der Waals surface area contributed by atoms with Crippen molar-refractivity contribution in [3.05, 3.63) is 0 Å². The second kappa shape index (κ2) is 13.5. The molecule has 0 aliphatic rings. The first-order chi connectivity index (χ1) is 8.27. The summed E-state index contributed by atoms with van der Waals surface area (Å²) in [5.41, 5.74) is 10.5. The molecule has 3 nitrogen and oxygen atoms in total. The Hall–Kier alpha value is -0.570. The molecule has 0 aliphatic carbocycles. The van der Waals surface area contributed by atoms with E-state index in [9.17, 15) is 4.79 Å². The maximum Gasteiger partial charge on any atom is 0.217 e. The van der Waals surface area contributed by atoms with Crippen LogP contribution in [0.5, 0.6) is 0 Å². The number of primary amides is 1. The summed E-state index contributed by atoms with van der Waals surface area (Å²) >= 11 is 0. The van der Waals surface area contributed by atoms with Crippen LogP contribution >= 0.6 is 0 Å². The minimum atomic E-state index is -0.164. The highest BCUT2D eigenvalue weighted by Crippen LogP contribution is 2.11. The second-order valence-corrected chi connectivity index (χ2v) is 4.89. The standard InChI is InChI=1S/C14H30N2O/c15-13-11-9-7-5-3-1-2-4-6-8-10-12-14(16)17/h1-13,15H2,(H2,16,17). The summed E-state index contributed by atoms with van der Waals surface area (Å²) in [6.45, 7) is 0.839. The molecular formula is C14H30N2O. The van der Waals surface area contributed by atoms with Crippen molar-refractivity contribution in [1.29, 1.82) is 0 Å². The van der Waals surface area contributed by atoms with Crippen LogP contribution in [-0.2, 0) is 4.79 Å². The van der Waals surface area contributed by atoms with Gasteiger partial charge in [-0.25, -0.2) is 0 Å². The highest BCUT2D eigenvalue weighted by atomic mass is 16.1. The fourth-order valence-corrected chi connectivity index (χ4v) is 2.03. The molecule has 4 N–H and O–H groups in total. The summed E-state index contributed by atoms with van der Waals surface area (Å²) in [4.78, 5) is 10.5. The Labute approximate surface area is 106 Å². The van der Waals surface area contributed by atoms with Gasteiger partial charge >= 0.3 is 0 Å². The lowest BCUT2D eigenvalue weighted by Gasteiger charge is -2.02. The molecule has 0 fully saturated rings. The minimum absolute atomic E-state index is 0.164. The highest BCUT2D eigenvalue weighted by Gasteiger charge is 1.95. The van der Waals surface area contributed by atoms with Gasteiger partial charge in [-0.15, -0.1) is 0 Å². The molecule has 0 saturated carbocycles. The van der Waals surface area contributed by atoms with Crippen molar-refractivity contribution in [3.8, 4) is 0 Å². The molecule has 0 aromatic carbocycles. The van der Waals surface area contributed by atoms with Gasteiger partial charge in [0.25, 0.3) is 0 Å². The molecule has 0 aliphatic heterocycles. The van der Waals surface area contributed by atoms with E-state index in [0.29, 0.717) is 6.42 Å². The average molecular weight is 242 g/mol. The van der Waals surface area contributed by atoms with Crippen LogP contribution in [0.15, 0.2) is 0 Å². The molecule has 0 unspecified atom stereocenters. The third kappa shape index (κ3) is 15.4. The maximum atomic E-state index is 10.5. The van der Waals surface area contributed by atoms with Crippen LogP contribution in [0.1, 0.15) is 77.0 Å². The largest absolute Gasteiger partial charge is 0.370 e. The number of rotatable bonds is 13. The monoisotopic (exact) mass is 242 g/mol. The Morgan fingerprint density at radius 2 is 1.00 bits per heavy atom. The molecule has 102 valence electrons. The van der Waals surface area contributed by atoms with Crippen molar-refractivity contribution in [1.82, 2.24) is 0 Å². The molecule has 0 spiro atoms. The maximum absolute atomic E-state index is 10.5.